The van der Waals surface area contributed by atoms with Crippen molar-refractivity contribution in [2.45, 2.75) is 25.9 Å². The molecular formula is C23H30N2O3. The van der Waals surface area contributed by atoms with Gasteiger partial charge in [-0.05, 0) is 56.5 Å². The molecule has 0 unspecified atom stereocenters. The summed E-state index contributed by atoms with van der Waals surface area (Å²) in [5.74, 6) is 2.02. The molecule has 2 aromatic carbocycles. The van der Waals surface area contributed by atoms with E-state index in [9.17, 15) is 4.79 Å². The molecule has 1 fully saturated rings. The zero-order chi connectivity index (χ0) is 19.6. The quantitative estimate of drug-likeness (QED) is 0.721. The number of amides is 1. The first-order chi connectivity index (χ1) is 13.8. The number of para-hydroxylation sites is 2. The summed E-state index contributed by atoms with van der Waals surface area (Å²) in [6, 6.07) is 17.5. The maximum atomic E-state index is 12.5. The zero-order valence-corrected chi connectivity index (χ0v) is 16.6. The Morgan fingerprint density at radius 3 is 2.32 bits per heavy atom. The molecular weight excluding hydrogens is 352 g/mol. The Bertz CT molecular complexity index is 728. The van der Waals surface area contributed by atoms with Crippen LogP contribution in [0.5, 0.6) is 11.5 Å². The van der Waals surface area contributed by atoms with Gasteiger partial charge in [-0.2, -0.15) is 0 Å². The topological polar surface area (TPSA) is 50.8 Å². The number of hydrogen-bond donors (Lipinski definition) is 1. The van der Waals surface area contributed by atoms with E-state index in [2.05, 4.69) is 5.32 Å². The number of benzene rings is 2. The van der Waals surface area contributed by atoms with Gasteiger partial charge in [-0.15, -0.1) is 0 Å². The lowest BCUT2D eigenvalue weighted by molar-refractivity contribution is -0.134. The molecule has 5 nitrogen and oxygen atoms in total. The highest BCUT2D eigenvalue weighted by Gasteiger charge is 2.23. The van der Waals surface area contributed by atoms with E-state index in [1.807, 2.05) is 66.5 Å². The lowest BCUT2D eigenvalue weighted by Crippen LogP contribution is -2.41. The van der Waals surface area contributed by atoms with Crippen molar-refractivity contribution in [1.82, 2.24) is 10.2 Å². The number of nitrogens with one attached hydrogen (secondary N) is 1. The minimum Gasteiger partial charge on any atom is -0.485 e. The largest absolute Gasteiger partial charge is 0.485 e. The number of carbonyl (C=O) groups is 1. The van der Waals surface area contributed by atoms with Gasteiger partial charge in [0.05, 0.1) is 0 Å². The molecule has 1 amide bonds. The molecule has 0 atom stereocenters. The van der Waals surface area contributed by atoms with E-state index in [-0.39, 0.29) is 12.5 Å². The Labute approximate surface area is 167 Å². The predicted molar refractivity (Wildman–Crippen MR) is 111 cm³/mol. The minimum atomic E-state index is 0.0462. The standard InChI is InChI=1S/C23H30N2O3/c1-24-14-11-19-12-15-25(16-13-19)23(26)18-28-22-10-6-5-9-21(22)27-17-20-7-3-2-4-8-20/h2-10,19,24H,11-18H2,1H3. The van der Waals surface area contributed by atoms with Crippen LogP contribution in [0.15, 0.2) is 54.6 Å². The summed E-state index contributed by atoms with van der Waals surface area (Å²) in [5, 5.41) is 3.20. The van der Waals surface area contributed by atoms with Gasteiger partial charge in [-0.1, -0.05) is 42.5 Å². The number of ether oxygens (including phenoxy) is 2. The van der Waals surface area contributed by atoms with Crippen molar-refractivity contribution in [3.05, 3.63) is 60.2 Å². The molecule has 1 N–H and O–H groups in total. The van der Waals surface area contributed by atoms with Crippen molar-refractivity contribution in [2.75, 3.05) is 33.3 Å². The fourth-order valence-corrected chi connectivity index (χ4v) is 3.47. The molecule has 1 heterocycles. The average molecular weight is 383 g/mol. The first-order valence-corrected chi connectivity index (χ1v) is 10.1. The third kappa shape index (κ3) is 5.99. The number of likely N-dealkylation sites (tertiary alicyclic amines) is 1. The zero-order valence-electron chi connectivity index (χ0n) is 16.6. The number of nitrogens with zero attached hydrogens (tertiary/aromatic N) is 1. The molecule has 0 radical (unpaired) electrons. The third-order valence-corrected chi connectivity index (χ3v) is 5.21. The van der Waals surface area contributed by atoms with Crippen LogP contribution >= 0.6 is 0 Å². The first-order valence-electron chi connectivity index (χ1n) is 10.1. The lowest BCUT2D eigenvalue weighted by atomic mass is 9.93. The Balaban J connectivity index is 1.47. The smallest absolute Gasteiger partial charge is 0.260 e. The van der Waals surface area contributed by atoms with E-state index < -0.39 is 0 Å². The fourth-order valence-electron chi connectivity index (χ4n) is 3.47. The second kappa shape index (κ2) is 10.7. The van der Waals surface area contributed by atoms with Gasteiger partial charge in [0.25, 0.3) is 5.91 Å². The molecule has 3 rings (SSSR count). The average Bonchev–Trinajstić information content (AvgIpc) is 2.76. The van der Waals surface area contributed by atoms with Crippen LogP contribution in [0.25, 0.3) is 0 Å². The first kappa shape index (κ1) is 20.2. The van der Waals surface area contributed by atoms with Gasteiger partial charge in [-0.3, -0.25) is 4.79 Å². The van der Waals surface area contributed by atoms with Gasteiger partial charge < -0.3 is 19.7 Å². The molecule has 0 aliphatic carbocycles. The van der Waals surface area contributed by atoms with Gasteiger partial charge in [0.1, 0.15) is 6.61 Å². The van der Waals surface area contributed by atoms with Crippen molar-refractivity contribution in [3.63, 3.8) is 0 Å². The highest BCUT2D eigenvalue weighted by atomic mass is 16.5. The fraction of sp³-hybridized carbons (Fsp3) is 0.435. The van der Waals surface area contributed by atoms with Crippen LogP contribution < -0.4 is 14.8 Å². The molecule has 1 aliphatic rings. The number of hydrogen-bond acceptors (Lipinski definition) is 4. The lowest BCUT2D eigenvalue weighted by Gasteiger charge is -2.32. The minimum absolute atomic E-state index is 0.0462. The SMILES string of the molecule is CNCCC1CCN(C(=O)COc2ccccc2OCc2ccccc2)CC1. The molecule has 0 bridgehead atoms. The highest BCUT2D eigenvalue weighted by Crippen LogP contribution is 2.27. The van der Waals surface area contributed by atoms with Crippen molar-refractivity contribution < 1.29 is 14.3 Å². The molecule has 28 heavy (non-hydrogen) atoms. The maximum Gasteiger partial charge on any atom is 0.260 e. The van der Waals surface area contributed by atoms with E-state index in [0.717, 1.165) is 38.0 Å². The summed E-state index contributed by atoms with van der Waals surface area (Å²) in [5.41, 5.74) is 1.09. The molecule has 5 heteroatoms. The van der Waals surface area contributed by atoms with Crippen molar-refractivity contribution in [2.24, 2.45) is 5.92 Å². The Morgan fingerprint density at radius 1 is 1.00 bits per heavy atom. The third-order valence-electron chi connectivity index (χ3n) is 5.21. The summed E-state index contributed by atoms with van der Waals surface area (Å²) < 4.78 is 11.7. The molecule has 1 saturated heterocycles. The van der Waals surface area contributed by atoms with Crippen LogP contribution in [0, 0.1) is 5.92 Å². The van der Waals surface area contributed by atoms with E-state index in [1.165, 1.54) is 6.42 Å². The van der Waals surface area contributed by atoms with Gasteiger partial charge in [0.2, 0.25) is 0 Å². The molecule has 0 aromatic heterocycles. The Morgan fingerprint density at radius 2 is 1.64 bits per heavy atom. The normalized spacial score (nSPS) is 14.7. The van der Waals surface area contributed by atoms with Crippen LogP contribution in [0.3, 0.4) is 0 Å². The Hall–Kier alpha value is -2.53. The van der Waals surface area contributed by atoms with E-state index in [1.54, 1.807) is 0 Å². The molecule has 2 aromatic rings. The summed E-state index contributed by atoms with van der Waals surface area (Å²) in [7, 11) is 1.98. The van der Waals surface area contributed by atoms with Gasteiger partial charge in [0.15, 0.2) is 18.1 Å². The van der Waals surface area contributed by atoms with Crippen molar-refractivity contribution in [1.29, 1.82) is 0 Å². The van der Waals surface area contributed by atoms with Crippen LogP contribution in [0.4, 0.5) is 0 Å². The summed E-state index contributed by atoms with van der Waals surface area (Å²) in [6.45, 7) is 3.20. The number of carbonyl (C=O) groups excluding carboxylic acids is 1. The van der Waals surface area contributed by atoms with Crippen LogP contribution in [-0.4, -0.2) is 44.1 Å². The summed E-state index contributed by atoms with van der Waals surface area (Å²) in [4.78, 5) is 14.5. The van der Waals surface area contributed by atoms with Gasteiger partial charge in [0, 0.05) is 13.1 Å². The molecule has 0 saturated carbocycles. The Kier molecular flexibility index (Phi) is 7.73. The van der Waals surface area contributed by atoms with Crippen molar-refractivity contribution in [3.8, 4) is 11.5 Å². The summed E-state index contributed by atoms with van der Waals surface area (Å²) >= 11 is 0. The molecule has 1 aliphatic heterocycles. The second-order valence-electron chi connectivity index (χ2n) is 7.23. The van der Waals surface area contributed by atoms with Gasteiger partial charge >= 0.3 is 0 Å². The van der Waals surface area contributed by atoms with Crippen LogP contribution in [-0.2, 0) is 11.4 Å². The number of piperidine rings is 1. The monoisotopic (exact) mass is 382 g/mol. The van der Waals surface area contributed by atoms with Crippen molar-refractivity contribution >= 4 is 5.91 Å². The maximum absolute atomic E-state index is 12.5. The summed E-state index contributed by atoms with van der Waals surface area (Å²) in [6.07, 6.45) is 3.33. The molecule has 0 spiro atoms. The van der Waals surface area contributed by atoms with Gasteiger partial charge in [-0.25, -0.2) is 0 Å². The van der Waals surface area contributed by atoms with E-state index in [0.29, 0.717) is 24.0 Å². The number of rotatable bonds is 9. The van der Waals surface area contributed by atoms with Crippen LogP contribution in [0.1, 0.15) is 24.8 Å². The predicted octanol–water partition coefficient (Wildman–Crippen LogP) is 3.49. The second-order valence-corrected chi connectivity index (χ2v) is 7.23. The van der Waals surface area contributed by atoms with E-state index in [4.69, 9.17) is 9.47 Å². The van der Waals surface area contributed by atoms with Crippen LogP contribution in [0.2, 0.25) is 0 Å². The van der Waals surface area contributed by atoms with E-state index >= 15 is 0 Å². The highest BCUT2D eigenvalue weighted by molar-refractivity contribution is 5.78. The molecule has 150 valence electrons.